The number of ether oxygens (including phenoxy) is 1. The van der Waals surface area contributed by atoms with Crippen LogP contribution in [0.4, 0.5) is 13.2 Å². The van der Waals surface area contributed by atoms with Gasteiger partial charge in [0.25, 0.3) is 0 Å². The number of rotatable bonds is 1. The lowest BCUT2D eigenvalue weighted by atomic mass is 10.3. The van der Waals surface area contributed by atoms with Gasteiger partial charge in [0.1, 0.15) is 5.75 Å². The van der Waals surface area contributed by atoms with Crippen molar-refractivity contribution in [3.8, 4) is 5.75 Å². The van der Waals surface area contributed by atoms with E-state index in [1.165, 1.54) is 12.1 Å². The van der Waals surface area contributed by atoms with Crippen molar-refractivity contribution in [2.45, 2.75) is 6.36 Å². The molecule has 0 aromatic heterocycles. The summed E-state index contributed by atoms with van der Waals surface area (Å²) in [5, 5.41) is 0. The van der Waals surface area contributed by atoms with E-state index < -0.39 is 6.36 Å². The summed E-state index contributed by atoms with van der Waals surface area (Å²) in [4.78, 5) is 0. The zero-order valence-corrected chi connectivity index (χ0v) is 7.24. The molecular formula is C7H3BrF3O. The van der Waals surface area contributed by atoms with Gasteiger partial charge in [0, 0.05) is 0 Å². The van der Waals surface area contributed by atoms with Crippen LogP contribution in [0, 0.1) is 6.07 Å². The maximum absolute atomic E-state index is 11.7. The summed E-state index contributed by atoms with van der Waals surface area (Å²) >= 11 is 2.90. The standard InChI is InChI=1S/C7H3BrF3O/c8-5-3-1-2-4-6(5)12-7(9,10)11/h1,3-4H. The molecule has 1 rings (SSSR count). The van der Waals surface area contributed by atoms with Crippen LogP contribution in [0.2, 0.25) is 0 Å². The van der Waals surface area contributed by atoms with Crippen LogP contribution in [0.25, 0.3) is 0 Å². The molecule has 0 saturated carbocycles. The van der Waals surface area contributed by atoms with Crippen LogP contribution in [-0.4, -0.2) is 6.36 Å². The molecule has 0 bridgehead atoms. The van der Waals surface area contributed by atoms with Gasteiger partial charge in [-0.05, 0) is 34.1 Å². The van der Waals surface area contributed by atoms with Crippen molar-refractivity contribution in [2.24, 2.45) is 0 Å². The van der Waals surface area contributed by atoms with Crippen LogP contribution in [0.1, 0.15) is 0 Å². The number of halogens is 4. The van der Waals surface area contributed by atoms with Gasteiger partial charge in [0.2, 0.25) is 0 Å². The fourth-order valence-electron chi connectivity index (χ4n) is 0.599. The van der Waals surface area contributed by atoms with Gasteiger partial charge in [-0.25, -0.2) is 0 Å². The fraction of sp³-hybridized carbons (Fsp3) is 0.143. The van der Waals surface area contributed by atoms with Crippen molar-refractivity contribution in [1.29, 1.82) is 0 Å². The minimum atomic E-state index is -4.66. The van der Waals surface area contributed by atoms with Crippen LogP contribution in [0.5, 0.6) is 5.75 Å². The molecule has 0 aliphatic heterocycles. The van der Waals surface area contributed by atoms with Gasteiger partial charge in [-0.3, -0.25) is 0 Å². The first-order valence-corrected chi connectivity index (χ1v) is 3.70. The van der Waals surface area contributed by atoms with Gasteiger partial charge < -0.3 is 4.74 Å². The molecule has 0 N–H and O–H groups in total. The summed E-state index contributed by atoms with van der Waals surface area (Å²) in [6.45, 7) is 0. The predicted molar refractivity (Wildman–Crippen MR) is 39.7 cm³/mol. The average molecular weight is 240 g/mol. The lowest BCUT2D eigenvalue weighted by Gasteiger charge is -2.09. The molecule has 0 heterocycles. The van der Waals surface area contributed by atoms with E-state index in [1.54, 1.807) is 0 Å². The Hall–Kier alpha value is -0.710. The molecular weight excluding hydrogens is 237 g/mol. The lowest BCUT2D eigenvalue weighted by Crippen LogP contribution is -2.17. The van der Waals surface area contributed by atoms with Crippen molar-refractivity contribution >= 4 is 15.9 Å². The van der Waals surface area contributed by atoms with Gasteiger partial charge in [-0.1, -0.05) is 6.07 Å². The Kier molecular flexibility index (Phi) is 2.62. The van der Waals surface area contributed by atoms with E-state index in [0.717, 1.165) is 6.07 Å². The molecule has 1 nitrogen and oxygen atoms in total. The summed E-state index contributed by atoms with van der Waals surface area (Å²) in [5.74, 6) is -0.287. The number of hydrogen-bond acceptors (Lipinski definition) is 1. The normalized spacial score (nSPS) is 11.3. The van der Waals surface area contributed by atoms with E-state index in [0.29, 0.717) is 0 Å². The summed E-state index contributed by atoms with van der Waals surface area (Å²) in [7, 11) is 0. The summed E-state index contributed by atoms with van der Waals surface area (Å²) in [6, 6.07) is 6.48. The Bertz CT molecular complexity index is 272. The van der Waals surface area contributed by atoms with Crippen molar-refractivity contribution in [3.63, 3.8) is 0 Å². The highest BCUT2D eigenvalue weighted by molar-refractivity contribution is 9.10. The summed E-state index contributed by atoms with van der Waals surface area (Å²) in [6.07, 6.45) is -4.66. The van der Waals surface area contributed by atoms with Crippen LogP contribution in [-0.2, 0) is 0 Å². The van der Waals surface area contributed by atoms with E-state index in [-0.39, 0.29) is 10.2 Å². The van der Waals surface area contributed by atoms with Crippen molar-refractivity contribution in [2.75, 3.05) is 0 Å². The van der Waals surface area contributed by atoms with Crippen molar-refractivity contribution in [3.05, 3.63) is 28.7 Å². The molecule has 12 heavy (non-hydrogen) atoms. The Morgan fingerprint density at radius 3 is 2.58 bits per heavy atom. The fourth-order valence-corrected chi connectivity index (χ4v) is 0.927. The van der Waals surface area contributed by atoms with E-state index in [9.17, 15) is 13.2 Å². The molecule has 0 amide bonds. The maximum atomic E-state index is 11.7. The van der Waals surface area contributed by atoms with Crippen LogP contribution in [0.15, 0.2) is 22.7 Å². The smallest absolute Gasteiger partial charge is 0.405 e. The maximum Gasteiger partial charge on any atom is 0.573 e. The number of benzene rings is 1. The first kappa shape index (κ1) is 9.38. The van der Waals surface area contributed by atoms with Crippen LogP contribution >= 0.6 is 15.9 Å². The zero-order chi connectivity index (χ0) is 9.19. The molecule has 1 aromatic rings. The second kappa shape index (κ2) is 3.35. The molecule has 0 fully saturated rings. The molecule has 1 radical (unpaired) electrons. The average Bonchev–Trinajstić information content (AvgIpc) is 1.91. The van der Waals surface area contributed by atoms with E-state index >= 15 is 0 Å². The minimum Gasteiger partial charge on any atom is -0.405 e. The zero-order valence-electron chi connectivity index (χ0n) is 5.65. The third-order valence-corrected chi connectivity index (χ3v) is 1.66. The molecule has 0 saturated heterocycles. The Labute approximate surface area is 75.3 Å². The van der Waals surface area contributed by atoms with Gasteiger partial charge in [0.15, 0.2) is 0 Å². The lowest BCUT2D eigenvalue weighted by molar-refractivity contribution is -0.274. The first-order chi connectivity index (χ1) is 5.49. The van der Waals surface area contributed by atoms with Gasteiger partial charge >= 0.3 is 6.36 Å². The molecule has 5 heteroatoms. The Morgan fingerprint density at radius 1 is 1.42 bits per heavy atom. The summed E-state index contributed by atoms with van der Waals surface area (Å²) < 4.78 is 38.9. The Balaban J connectivity index is 2.83. The molecule has 65 valence electrons. The van der Waals surface area contributed by atoms with E-state index in [4.69, 9.17) is 0 Å². The highest BCUT2D eigenvalue weighted by Crippen LogP contribution is 2.29. The second-order valence-corrected chi connectivity index (χ2v) is 2.76. The predicted octanol–water partition coefficient (Wildman–Crippen LogP) is 3.15. The highest BCUT2D eigenvalue weighted by Gasteiger charge is 2.31. The SMILES string of the molecule is FC(F)(F)Oc1c[c]ccc1Br. The number of hydrogen-bond donors (Lipinski definition) is 0. The van der Waals surface area contributed by atoms with Crippen LogP contribution < -0.4 is 4.74 Å². The largest absolute Gasteiger partial charge is 0.573 e. The van der Waals surface area contributed by atoms with E-state index in [1.807, 2.05) is 0 Å². The molecule has 0 atom stereocenters. The molecule has 0 spiro atoms. The molecule has 0 unspecified atom stereocenters. The second-order valence-electron chi connectivity index (χ2n) is 1.90. The number of alkyl halides is 3. The molecule has 1 aromatic carbocycles. The Morgan fingerprint density at radius 2 is 2.08 bits per heavy atom. The molecule has 0 aliphatic rings. The van der Waals surface area contributed by atoms with Crippen molar-refractivity contribution in [1.82, 2.24) is 0 Å². The van der Waals surface area contributed by atoms with Gasteiger partial charge in [-0.2, -0.15) is 0 Å². The van der Waals surface area contributed by atoms with E-state index in [2.05, 4.69) is 26.7 Å². The monoisotopic (exact) mass is 239 g/mol. The van der Waals surface area contributed by atoms with Crippen LogP contribution in [0.3, 0.4) is 0 Å². The van der Waals surface area contributed by atoms with Gasteiger partial charge in [-0.15, -0.1) is 13.2 Å². The summed E-state index contributed by atoms with van der Waals surface area (Å²) in [5.41, 5.74) is 0. The third kappa shape index (κ3) is 2.73. The highest BCUT2D eigenvalue weighted by atomic mass is 79.9. The molecule has 0 aliphatic carbocycles. The quantitative estimate of drug-likeness (QED) is 0.732. The minimum absolute atomic E-state index is 0.249. The van der Waals surface area contributed by atoms with Crippen molar-refractivity contribution < 1.29 is 17.9 Å². The third-order valence-electron chi connectivity index (χ3n) is 1.00. The topological polar surface area (TPSA) is 9.23 Å². The first-order valence-electron chi connectivity index (χ1n) is 2.90. The van der Waals surface area contributed by atoms with Gasteiger partial charge in [0.05, 0.1) is 4.47 Å².